The number of rotatable bonds is 41. The lowest BCUT2D eigenvalue weighted by atomic mass is 9.84. The Morgan fingerprint density at radius 3 is 1.26 bits per heavy atom. The summed E-state index contributed by atoms with van der Waals surface area (Å²) in [4.78, 5) is 37.4. The molecule has 2 heterocycles. The van der Waals surface area contributed by atoms with Crippen molar-refractivity contribution in [2.45, 2.75) is 279 Å². The molecule has 0 radical (unpaired) electrons. The molecule has 16 atom stereocenters. The zero-order valence-electron chi connectivity index (χ0n) is 45.9. The molecule has 456 valence electrons. The monoisotopic (exact) mass is 1140 g/mol. The van der Waals surface area contributed by atoms with Crippen LogP contribution in [-0.2, 0) is 51.6 Å². The van der Waals surface area contributed by atoms with Gasteiger partial charge in [-0.3, -0.25) is 18.6 Å². The number of hydrogen-bond donors (Lipinski definition) is 12. The lowest BCUT2D eigenvalue weighted by Gasteiger charge is -2.49. The van der Waals surface area contributed by atoms with Gasteiger partial charge >= 0.3 is 19.8 Å². The van der Waals surface area contributed by atoms with Crippen molar-refractivity contribution >= 4 is 19.8 Å². The van der Waals surface area contributed by atoms with Crippen molar-refractivity contribution in [3.05, 3.63) is 24.3 Å². The van der Waals surface area contributed by atoms with E-state index in [-0.39, 0.29) is 12.8 Å². The highest BCUT2D eigenvalue weighted by Gasteiger charge is 2.58. The van der Waals surface area contributed by atoms with Gasteiger partial charge in [-0.25, -0.2) is 4.57 Å². The summed E-state index contributed by atoms with van der Waals surface area (Å²) in [5.74, 6) is -1.37. The van der Waals surface area contributed by atoms with E-state index in [1.807, 2.05) is 0 Å². The number of carbonyl (C=O) groups is 2. The SMILES string of the molecule is CCCCCCCCC=CCCCCCC(=O)OCC(COP(=O)(O)OC1C(OC2OC(CO)C(O)C(O)C2O)C(O)C(O)C(O)C1OC1OC(CO)C(O)C(O)C1O)OC(=O)CCCCCC=CCCCCCCCCC. The van der Waals surface area contributed by atoms with Crippen molar-refractivity contribution in [1.82, 2.24) is 0 Å². The van der Waals surface area contributed by atoms with Gasteiger partial charge in [0, 0.05) is 12.8 Å². The van der Waals surface area contributed by atoms with Gasteiger partial charge in [-0.05, 0) is 64.2 Å². The summed E-state index contributed by atoms with van der Waals surface area (Å²) in [5.41, 5.74) is 0. The van der Waals surface area contributed by atoms with Crippen LogP contribution < -0.4 is 0 Å². The Kier molecular flexibility index (Phi) is 35.5. The molecule has 0 spiro atoms. The summed E-state index contributed by atoms with van der Waals surface area (Å²) in [5, 5.41) is 116. The average molecular weight is 1150 g/mol. The van der Waals surface area contributed by atoms with Crippen LogP contribution in [0.1, 0.15) is 174 Å². The first kappa shape index (κ1) is 70.2. The molecule has 0 aromatic rings. The van der Waals surface area contributed by atoms with Crippen LogP contribution in [-0.4, -0.2) is 204 Å². The third-order valence-electron chi connectivity index (χ3n) is 14.2. The number of aliphatic hydroxyl groups excluding tert-OH is 11. The van der Waals surface area contributed by atoms with E-state index >= 15 is 0 Å². The molecule has 23 nitrogen and oxygen atoms in total. The fraction of sp³-hybridized carbons (Fsp3) is 0.889. The minimum absolute atomic E-state index is 0.0297. The molecule has 0 bridgehead atoms. The van der Waals surface area contributed by atoms with Crippen molar-refractivity contribution in [1.29, 1.82) is 0 Å². The highest BCUT2D eigenvalue weighted by molar-refractivity contribution is 7.47. The largest absolute Gasteiger partial charge is 0.472 e. The summed E-state index contributed by atoms with van der Waals surface area (Å²) in [6.45, 7) is 0.948. The molecule has 0 aromatic carbocycles. The molecule has 78 heavy (non-hydrogen) atoms. The number of esters is 2. The summed E-state index contributed by atoms with van der Waals surface area (Å²) in [7, 11) is -5.64. The molecule has 0 amide bonds. The molecule has 2 saturated heterocycles. The van der Waals surface area contributed by atoms with Gasteiger partial charge in [0.05, 0.1) is 19.8 Å². The maximum Gasteiger partial charge on any atom is 0.472 e. The number of phosphoric acid groups is 1. The minimum atomic E-state index is -5.64. The first-order valence-electron chi connectivity index (χ1n) is 28.7. The summed E-state index contributed by atoms with van der Waals surface area (Å²) in [6.07, 6.45) is -2.49. The smallest absolute Gasteiger partial charge is 0.462 e. The molecule has 3 aliphatic rings. The molecule has 1 aliphatic carbocycles. The number of unbranched alkanes of at least 4 members (excludes halogenated alkanes) is 19. The van der Waals surface area contributed by atoms with Crippen molar-refractivity contribution in [2.24, 2.45) is 0 Å². The summed E-state index contributed by atoms with van der Waals surface area (Å²) >= 11 is 0. The second-order valence-electron chi connectivity index (χ2n) is 20.8. The second-order valence-corrected chi connectivity index (χ2v) is 22.2. The maximum atomic E-state index is 14.0. The topological polar surface area (TPSA) is 368 Å². The predicted molar refractivity (Wildman–Crippen MR) is 282 cm³/mol. The van der Waals surface area contributed by atoms with Crippen LogP contribution in [0.5, 0.6) is 0 Å². The van der Waals surface area contributed by atoms with Gasteiger partial charge < -0.3 is 89.5 Å². The van der Waals surface area contributed by atoms with Gasteiger partial charge in [-0.15, -0.1) is 0 Å². The van der Waals surface area contributed by atoms with Gasteiger partial charge in [0.2, 0.25) is 0 Å². The maximum absolute atomic E-state index is 14.0. The molecule has 24 heteroatoms. The van der Waals surface area contributed by atoms with Gasteiger partial charge in [-0.1, -0.05) is 122 Å². The molecular formula is C54H97O23P. The molecule has 3 rings (SSSR count). The Bertz CT molecular complexity index is 1660. The van der Waals surface area contributed by atoms with E-state index in [1.165, 1.54) is 70.6 Å². The number of carbonyl (C=O) groups excluding carboxylic acids is 2. The molecular weight excluding hydrogens is 1050 g/mol. The first-order valence-corrected chi connectivity index (χ1v) is 30.2. The lowest BCUT2D eigenvalue weighted by molar-refractivity contribution is -0.360. The van der Waals surface area contributed by atoms with Crippen LogP contribution in [0.15, 0.2) is 24.3 Å². The second kappa shape index (κ2) is 39.4. The zero-order valence-corrected chi connectivity index (χ0v) is 46.8. The van der Waals surface area contributed by atoms with Gasteiger partial charge in [-0.2, -0.15) is 0 Å². The average Bonchev–Trinajstić information content (AvgIpc) is 3.45. The van der Waals surface area contributed by atoms with Gasteiger partial charge in [0.25, 0.3) is 0 Å². The standard InChI is InChI=1S/C54H97O23P/c1-3-5-7-9-11-13-15-17-19-21-23-25-27-29-31-40(58)72-36(34-70-39(57)30-28-26-24-22-20-18-16-14-12-10-8-6-4-2)35-71-78(68,69)77-52-50(75-53-48(66)43(61)41(59)37(32-55)73-53)46(64)45(63)47(65)51(52)76-54-49(67)44(62)42(60)38(33-56)74-54/h18-21,36-38,41-56,59-67H,3-17,22-35H2,1-2H3,(H,68,69). The van der Waals surface area contributed by atoms with Crippen LogP contribution in [0.3, 0.4) is 0 Å². The van der Waals surface area contributed by atoms with E-state index < -0.39 is 150 Å². The Morgan fingerprint density at radius 1 is 0.474 bits per heavy atom. The Labute approximate surface area is 460 Å². The van der Waals surface area contributed by atoms with E-state index in [0.717, 1.165) is 57.8 Å². The molecule has 12 N–H and O–H groups in total. The Hall–Kier alpha value is -2.07. The van der Waals surface area contributed by atoms with Gasteiger partial charge in [0.15, 0.2) is 18.7 Å². The van der Waals surface area contributed by atoms with Crippen LogP contribution >= 0.6 is 7.82 Å². The highest BCUT2D eigenvalue weighted by Crippen LogP contribution is 2.49. The first-order chi connectivity index (χ1) is 37.4. The lowest BCUT2D eigenvalue weighted by Crippen LogP contribution is -2.69. The van der Waals surface area contributed by atoms with Crippen LogP contribution in [0.2, 0.25) is 0 Å². The van der Waals surface area contributed by atoms with Crippen LogP contribution in [0.25, 0.3) is 0 Å². The molecule has 2 aliphatic heterocycles. The van der Waals surface area contributed by atoms with Crippen molar-refractivity contribution in [3.8, 4) is 0 Å². The third kappa shape index (κ3) is 25.2. The summed E-state index contributed by atoms with van der Waals surface area (Å²) < 4.78 is 58.0. The fourth-order valence-corrected chi connectivity index (χ4v) is 10.4. The molecule has 0 aromatic heterocycles. The number of aliphatic hydroxyl groups is 11. The third-order valence-corrected chi connectivity index (χ3v) is 15.2. The minimum Gasteiger partial charge on any atom is -0.462 e. The highest BCUT2D eigenvalue weighted by atomic mass is 31.2. The number of ether oxygens (including phenoxy) is 6. The Balaban J connectivity index is 1.73. The number of allylic oxidation sites excluding steroid dienone is 4. The van der Waals surface area contributed by atoms with Crippen LogP contribution in [0.4, 0.5) is 0 Å². The van der Waals surface area contributed by atoms with Crippen LogP contribution in [0, 0.1) is 0 Å². The Morgan fingerprint density at radius 2 is 0.846 bits per heavy atom. The zero-order chi connectivity index (χ0) is 57.5. The summed E-state index contributed by atoms with van der Waals surface area (Å²) in [6, 6.07) is 0. The van der Waals surface area contributed by atoms with Crippen molar-refractivity contribution in [2.75, 3.05) is 26.4 Å². The van der Waals surface area contributed by atoms with E-state index in [2.05, 4.69) is 38.2 Å². The van der Waals surface area contributed by atoms with E-state index in [9.17, 15) is 75.2 Å². The predicted octanol–water partition coefficient (Wildman–Crippen LogP) is 3.31. The van der Waals surface area contributed by atoms with Gasteiger partial charge in [0.1, 0.15) is 92.1 Å². The van der Waals surface area contributed by atoms with Crippen molar-refractivity contribution in [3.63, 3.8) is 0 Å². The molecule has 1 saturated carbocycles. The number of hydrogen-bond acceptors (Lipinski definition) is 22. The quantitative estimate of drug-likeness (QED) is 0.0181. The van der Waals surface area contributed by atoms with E-state index in [4.69, 9.17) is 37.5 Å². The van der Waals surface area contributed by atoms with E-state index in [0.29, 0.717) is 19.3 Å². The fourth-order valence-electron chi connectivity index (χ4n) is 9.40. The van der Waals surface area contributed by atoms with E-state index in [1.54, 1.807) is 0 Å². The number of phosphoric ester groups is 1. The normalized spacial score (nSPS) is 31.9. The molecule has 16 unspecified atom stereocenters. The van der Waals surface area contributed by atoms with Crippen molar-refractivity contribution < 1.29 is 113 Å². The molecule has 3 fully saturated rings.